The number of hydrogen-bond acceptors (Lipinski definition) is 4. The summed E-state index contributed by atoms with van der Waals surface area (Å²) in [7, 11) is 3.19. The highest BCUT2D eigenvalue weighted by Crippen LogP contribution is 2.36. The number of nitrogens with zero attached hydrogens (tertiary/aromatic N) is 2. The van der Waals surface area contributed by atoms with E-state index in [1.165, 1.54) is 12.0 Å². The number of methoxy groups -OCH3 is 2. The monoisotopic (exact) mass is 394 g/mol. The van der Waals surface area contributed by atoms with Crippen LogP contribution in [0, 0.1) is 0 Å². The van der Waals surface area contributed by atoms with Gasteiger partial charge in [0.25, 0.3) is 5.91 Å². The van der Waals surface area contributed by atoms with Gasteiger partial charge in [0.1, 0.15) is 0 Å². The Kier molecular flexibility index (Phi) is 6.05. The lowest BCUT2D eigenvalue weighted by molar-refractivity contribution is 0.0635. The van der Waals surface area contributed by atoms with E-state index in [0.29, 0.717) is 23.1 Å². The van der Waals surface area contributed by atoms with Gasteiger partial charge in [0, 0.05) is 25.2 Å². The van der Waals surface area contributed by atoms with Crippen molar-refractivity contribution in [2.45, 2.75) is 44.3 Å². The molecule has 2 saturated heterocycles. The van der Waals surface area contributed by atoms with Crippen molar-refractivity contribution in [3.63, 3.8) is 0 Å². The summed E-state index contributed by atoms with van der Waals surface area (Å²) in [5.74, 6) is 1.17. The Bertz CT molecular complexity index is 839. The summed E-state index contributed by atoms with van der Waals surface area (Å²) in [5.41, 5.74) is 1.93. The van der Waals surface area contributed by atoms with E-state index in [9.17, 15) is 4.79 Å². The summed E-state index contributed by atoms with van der Waals surface area (Å²) in [6, 6.07) is 16.8. The van der Waals surface area contributed by atoms with Crippen molar-refractivity contribution in [2.75, 3.05) is 27.3 Å². The molecule has 2 aromatic carbocycles. The van der Waals surface area contributed by atoms with Crippen molar-refractivity contribution in [3.05, 3.63) is 59.7 Å². The lowest BCUT2D eigenvalue weighted by Crippen LogP contribution is -2.48. The third-order valence-corrected chi connectivity index (χ3v) is 6.28. The molecule has 4 rings (SSSR count). The zero-order chi connectivity index (χ0) is 20.2. The van der Waals surface area contributed by atoms with Crippen LogP contribution in [0.4, 0.5) is 0 Å². The molecule has 2 heterocycles. The maximum Gasteiger partial charge on any atom is 0.258 e. The number of amides is 1. The largest absolute Gasteiger partial charge is 0.493 e. The van der Waals surface area contributed by atoms with Gasteiger partial charge in [-0.2, -0.15) is 0 Å². The van der Waals surface area contributed by atoms with Crippen molar-refractivity contribution in [1.82, 2.24) is 9.80 Å². The predicted molar refractivity (Wildman–Crippen MR) is 113 cm³/mol. The summed E-state index contributed by atoms with van der Waals surface area (Å²) >= 11 is 0. The molecule has 1 amide bonds. The van der Waals surface area contributed by atoms with Gasteiger partial charge < -0.3 is 14.4 Å². The van der Waals surface area contributed by atoms with Crippen LogP contribution < -0.4 is 9.47 Å². The third-order valence-electron chi connectivity index (χ3n) is 6.28. The van der Waals surface area contributed by atoms with Crippen LogP contribution in [0.5, 0.6) is 11.5 Å². The quantitative estimate of drug-likeness (QED) is 0.743. The van der Waals surface area contributed by atoms with Gasteiger partial charge in [0.15, 0.2) is 11.5 Å². The second kappa shape index (κ2) is 8.87. The average Bonchev–Trinajstić information content (AvgIpc) is 3.42. The SMILES string of the molecule is COc1cccc(C(=O)N2CCCC2C2CCCN2Cc2ccccc2)c1OC. The van der Waals surface area contributed by atoms with Crippen molar-refractivity contribution < 1.29 is 14.3 Å². The summed E-state index contributed by atoms with van der Waals surface area (Å²) in [5, 5.41) is 0. The van der Waals surface area contributed by atoms with Crippen LogP contribution in [0.1, 0.15) is 41.6 Å². The minimum atomic E-state index is 0.0508. The second-order valence-corrected chi connectivity index (χ2v) is 7.91. The highest BCUT2D eigenvalue weighted by Gasteiger charge is 2.40. The van der Waals surface area contributed by atoms with Crippen molar-refractivity contribution in [1.29, 1.82) is 0 Å². The summed E-state index contributed by atoms with van der Waals surface area (Å²) in [6.45, 7) is 2.85. The first kappa shape index (κ1) is 19.8. The highest BCUT2D eigenvalue weighted by molar-refractivity contribution is 5.98. The Labute approximate surface area is 173 Å². The van der Waals surface area contributed by atoms with Gasteiger partial charge in [-0.1, -0.05) is 36.4 Å². The van der Waals surface area contributed by atoms with Gasteiger partial charge in [0.05, 0.1) is 19.8 Å². The highest BCUT2D eigenvalue weighted by atomic mass is 16.5. The zero-order valence-electron chi connectivity index (χ0n) is 17.3. The van der Waals surface area contributed by atoms with Gasteiger partial charge >= 0.3 is 0 Å². The van der Waals surface area contributed by atoms with E-state index < -0.39 is 0 Å². The number of rotatable bonds is 6. The first-order chi connectivity index (χ1) is 14.2. The average molecular weight is 395 g/mol. The predicted octanol–water partition coefficient (Wildman–Crippen LogP) is 3.97. The molecule has 0 radical (unpaired) electrons. The molecule has 0 aromatic heterocycles. The fraction of sp³-hybridized carbons (Fsp3) is 0.458. The van der Waals surface area contributed by atoms with Gasteiger partial charge in [-0.3, -0.25) is 9.69 Å². The Hall–Kier alpha value is -2.53. The van der Waals surface area contributed by atoms with Gasteiger partial charge in [0.2, 0.25) is 0 Å². The molecule has 0 N–H and O–H groups in total. The molecule has 0 aliphatic carbocycles. The van der Waals surface area contributed by atoms with Gasteiger partial charge in [-0.15, -0.1) is 0 Å². The van der Waals surface area contributed by atoms with Crippen LogP contribution in [-0.4, -0.2) is 55.1 Å². The second-order valence-electron chi connectivity index (χ2n) is 7.91. The van der Waals surface area contributed by atoms with Crippen LogP contribution in [0.3, 0.4) is 0 Å². The fourth-order valence-corrected chi connectivity index (χ4v) is 4.96. The molecule has 0 spiro atoms. The number of carbonyl (C=O) groups is 1. The summed E-state index contributed by atoms with van der Waals surface area (Å²) in [4.78, 5) is 18.1. The van der Waals surface area contributed by atoms with Gasteiger partial charge in [-0.05, 0) is 49.9 Å². The number of para-hydroxylation sites is 1. The van der Waals surface area contributed by atoms with E-state index in [2.05, 4.69) is 40.1 Å². The molecule has 0 bridgehead atoms. The lowest BCUT2D eigenvalue weighted by Gasteiger charge is -2.35. The standard InChI is InChI=1S/C24H30N2O3/c1-28-22-14-6-11-19(23(22)29-2)24(27)26-16-8-13-21(26)20-12-7-15-25(20)17-18-9-4-3-5-10-18/h3-6,9-11,14,20-21H,7-8,12-13,15-17H2,1-2H3. The maximum absolute atomic E-state index is 13.5. The third kappa shape index (κ3) is 3.97. The minimum absolute atomic E-state index is 0.0508. The molecule has 29 heavy (non-hydrogen) atoms. The van der Waals surface area contributed by atoms with Crippen molar-refractivity contribution >= 4 is 5.91 Å². The first-order valence-electron chi connectivity index (χ1n) is 10.5. The van der Waals surface area contributed by atoms with Crippen LogP contribution in [0.2, 0.25) is 0 Å². The molecule has 2 aliphatic heterocycles. The Balaban J connectivity index is 1.55. The molecule has 5 heteroatoms. The molecule has 2 fully saturated rings. The molecule has 5 nitrogen and oxygen atoms in total. The number of benzene rings is 2. The molecule has 2 atom stereocenters. The van der Waals surface area contributed by atoms with E-state index in [-0.39, 0.29) is 11.9 Å². The number of likely N-dealkylation sites (tertiary alicyclic amines) is 2. The topological polar surface area (TPSA) is 42.0 Å². The summed E-state index contributed by atoms with van der Waals surface area (Å²) in [6.07, 6.45) is 4.46. The smallest absolute Gasteiger partial charge is 0.258 e. The molecule has 2 unspecified atom stereocenters. The Morgan fingerprint density at radius 1 is 0.931 bits per heavy atom. The molecule has 0 saturated carbocycles. The Morgan fingerprint density at radius 3 is 2.45 bits per heavy atom. The van der Waals surface area contributed by atoms with Crippen LogP contribution in [-0.2, 0) is 6.54 Å². The van der Waals surface area contributed by atoms with Gasteiger partial charge in [-0.25, -0.2) is 0 Å². The Morgan fingerprint density at radius 2 is 1.69 bits per heavy atom. The van der Waals surface area contributed by atoms with E-state index in [4.69, 9.17) is 9.47 Å². The van der Waals surface area contributed by atoms with E-state index in [1.807, 2.05) is 18.2 Å². The molecule has 2 aliphatic rings. The maximum atomic E-state index is 13.5. The number of hydrogen-bond donors (Lipinski definition) is 0. The normalized spacial score (nSPS) is 22.1. The molecular weight excluding hydrogens is 364 g/mol. The fourth-order valence-electron chi connectivity index (χ4n) is 4.96. The van der Waals surface area contributed by atoms with E-state index >= 15 is 0 Å². The summed E-state index contributed by atoms with van der Waals surface area (Å²) < 4.78 is 10.9. The van der Waals surface area contributed by atoms with Crippen molar-refractivity contribution in [2.24, 2.45) is 0 Å². The van der Waals surface area contributed by atoms with Crippen LogP contribution in [0.25, 0.3) is 0 Å². The van der Waals surface area contributed by atoms with Crippen LogP contribution in [0.15, 0.2) is 48.5 Å². The zero-order valence-corrected chi connectivity index (χ0v) is 17.3. The molecular formula is C24H30N2O3. The minimum Gasteiger partial charge on any atom is -0.493 e. The van der Waals surface area contributed by atoms with E-state index in [0.717, 1.165) is 38.9 Å². The van der Waals surface area contributed by atoms with Crippen molar-refractivity contribution in [3.8, 4) is 11.5 Å². The number of ether oxygens (including phenoxy) is 2. The lowest BCUT2D eigenvalue weighted by atomic mass is 10.0. The van der Waals surface area contributed by atoms with Crippen LogP contribution >= 0.6 is 0 Å². The molecule has 2 aromatic rings. The van der Waals surface area contributed by atoms with E-state index in [1.54, 1.807) is 14.2 Å². The molecule has 154 valence electrons. The first-order valence-corrected chi connectivity index (χ1v) is 10.5. The number of carbonyl (C=O) groups excluding carboxylic acids is 1.